The summed E-state index contributed by atoms with van der Waals surface area (Å²) in [5.41, 5.74) is 3.58. The number of ether oxygens (including phenoxy) is 1. The van der Waals surface area contributed by atoms with Crippen LogP contribution in [0.25, 0.3) is 0 Å². The van der Waals surface area contributed by atoms with Gasteiger partial charge in [-0.1, -0.05) is 24.3 Å². The molecule has 0 saturated heterocycles. The fourth-order valence-electron chi connectivity index (χ4n) is 1.71. The van der Waals surface area contributed by atoms with Crippen molar-refractivity contribution in [2.45, 2.75) is 0 Å². The van der Waals surface area contributed by atoms with Crippen LogP contribution in [0.4, 0.5) is 0 Å². The van der Waals surface area contributed by atoms with Crippen LogP contribution in [0.15, 0.2) is 53.6 Å². The molecule has 0 aliphatic carbocycles. The van der Waals surface area contributed by atoms with Crippen molar-refractivity contribution in [3.05, 3.63) is 65.2 Å². The molecule has 6 nitrogen and oxygen atoms in total. The Hall–Kier alpha value is -3.15. The van der Waals surface area contributed by atoms with Gasteiger partial charge in [0, 0.05) is 0 Å². The lowest BCUT2D eigenvalue weighted by molar-refractivity contribution is 0.0600. The van der Waals surface area contributed by atoms with Gasteiger partial charge in [0.05, 0.1) is 24.5 Å². The molecule has 0 spiro atoms. The second-order valence-electron chi connectivity index (χ2n) is 4.33. The lowest BCUT2D eigenvalue weighted by atomic mass is 10.1. The molecule has 0 fully saturated rings. The number of para-hydroxylation sites is 1. The Morgan fingerprint density at radius 1 is 1.14 bits per heavy atom. The number of esters is 1. The molecule has 0 radical (unpaired) electrons. The highest BCUT2D eigenvalue weighted by Gasteiger charge is 2.08. The minimum absolute atomic E-state index is 0.113. The number of carbonyl (C=O) groups is 2. The molecule has 0 aliphatic rings. The van der Waals surface area contributed by atoms with Crippen LogP contribution in [0.3, 0.4) is 0 Å². The summed E-state index contributed by atoms with van der Waals surface area (Å²) in [5.74, 6) is -1.05. The van der Waals surface area contributed by atoms with Crippen molar-refractivity contribution in [3.8, 4) is 5.75 Å². The molecule has 0 unspecified atom stereocenters. The van der Waals surface area contributed by atoms with Crippen molar-refractivity contribution in [2.24, 2.45) is 5.10 Å². The van der Waals surface area contributed by atoms with Crippen LogP contribution in [0.5, 0.6) is 5.75 Å². The van der Waals surface area contributed by atoms with E-state index in [4.69, 9.17) is 0 Å². The predicted octanol–water partition coefficient (Wildman–Crippen LogP) is 1.94. The number of amides is 1. The maximum Gasteiger partial charge on any atom is 0.337 e. The fourth-order valence-corrected chi connectivity index (χ4v) is 1.71. The van der Waals surface area contributed by atoms with Gasteiger partial charge in [-0.3, -0.25) is 4.79 Å². The number of carbonyl (C=O) groups excluding carboxylic acids is 2. The maximum absolute atomic E-state index is 11.8. The molecule has 22 heavy (non-hydrogen) atoms. The zero-order valence-corrected chi connectivity index (χ0v) is 11.8. The van der Waals surface area contributed by atoms with E-state index in [1.54, 1.807) is 36.4 Å². The first kappa shape index (κ1) is 15.2. The number of benzene rings is 2. The van der Waals surface area contributed by atoms with Gasteiger partial charge in [0.25, 0.3) is 5.91 Å². The van der Waals surface area contributed by atoms with E-state index in [1.807, 2.05) is 0 Å². The number of aromatic hydroxyl groups is 1. The number of methoxy groups -OCH3 is 1. The van der Waals surface area contributed by atoms with Gasteiger partial charge in [-0.15, -0.1) is 0 Å². The van der Waals surface area contributed by atoms with Gasteiger partial charge in [-0.05, 0) is 29.8 Å². The summed E-state index contributed by atoms with van der Waals surface area (Å²) in [6.45, 7) is 0. The molecule has 2 aromatic carbocycles. The molecule has 2 aromatic rings. The summed E-state index contributed by atoms with van der Waals surface area (Å²) in [5, 5.41) is 13.3. The Kier molecular flexibility index (Phi) is 4.87. The van der Waals surface area contributed by atoms with Crippen LogP contribution in [0, 0.1) is 0 Å². The smallest absolute Gasteiger partial charge is 0.337 e. The average Bonchev–Trinajstić information content (AvgIpc) is 2.55. The van der Waals surface area contributed by atoms with Gasteiger partial charge < -0.3 is 9.84 Å². The molecule has 0 heterocycles. The molecule has 1 amide bonds. The lowest BCUT2D eigenvalue weighted by Crippen LogP contribution is -2.17. The summed E-state index contributed by atoms with van der Waals surface area (Å²) in [6, 6.07) is 12.7. The first-order chi connectivity index (χ1) is 10.6. The lowest BCUT2D eigenvalue weighted by Gasteiger charge is -2.02. The summed E-state index contributed by atoms with van der Waals surface area (Å²) in [4.78, 5) is 23.1. The minimum Gasteiger partial charge on any atom is -0.507 e. The molecule has 6 heteroatoms. The van der Waals surface area contributed by atoms with E-state index in [1.165, 1.54) is 25.5 Å². The van der Waals surface area contributed by atoms with Crippen molar-refractivity contribution in [1.29, 1.82) is 0 Å². The van der Waals surface area contributed by atoms with Gasteiger partial charge in [0.15, 0.2) is 0 Å². The minimum atomic E-state index is -0.513. The standard InChI is InChI=1S/C16H14N2O4/c1-22-16(21)12-8-6-11(7-9-12)10-17-18-15(20)13-4-2-3-5-14(13)19/h2-10,19H,1H3,(H,18,20)/b17-10-. The number of nitrogens with zero attached hydrogens (tertiary/aromatic N) is 1. The van der Waals surface area contributed by atoms with Crippen molar-refractivity contribution < 1.29 is 19.4 Å². The van der Waals surface area contributed by atoms with Crippen molar-refractivity contribution in [2.75, 3.05) is 7.11 Å². The Morgan fingerprint density at radius 2 is 1.82 bits per heavy atom. The monoisotopic (exact) mass is 298 g/mol. The van der Waals surface area contributed by atoms with E-state index in [2.05, 4.69) is 15.3 Å². The van der Waals surface area contributed by atoms with Crippen LogP contribution in [0.1, 0.15) is 26.3 Å². The Morgan fingerprint density at radius 3 is 2.45 bits per heavy atom. The van der Waals surface area contributed by atoms with Gasteiger partial charge in [-0.25, -0.2) is 10.2 Å². The van der Waals surface area contributed by atoms with Gasteiger partial charge in [-0.2, -0.15) is 5.10 Å². The predicted molar refractivity (Wildman–Crippen MR) is 80.9 cm³/mol. The number of hydrazone groups is 1. The molecule has 2 rings (SSSR count). The number of rotatable bonds is 4. The second-order valence-corrected chi connectivity index (χ2v) is 4.33. The van der Waals surface area contributed by atoms with E-state index in [0.717, 1.165) is 0 Å². The Balaban J connectivity index is 1.99. The Bertz CT molecular complexity index is 708. The normalized spacial score (nSPS) is 10.4. The molecule has 0 bridgehead atoms. The largest absolute Gasteiger partial charge is 0.507 e. The number of nitrogens with one attached hydrogen (secondary N) is 1. The van der Waals surface area contributed by atoms with Crippen molar-refractivity contribution in [3.63, 3.8) is 0 Å². The van der Waals surface area contributed by atoms with E-state index in [9.17, 15) is 14.7 Å². The summed E-state index contributed by atoms with van der Waals surface area (Å²) >= 11 is 0. The molecular weight excluding hydrogens is 284 g/mol. The average molecular weight is 298 g/mol. The zero-order valence-electron chi connectivity index (χ0n) is 11.8. The first-order valence-electron chi connectivity index (χ1n) is 6.41. The zero-order chi connectivity index (χ0) is 15.9. The van der Waals surface area contributed by atoms with Gasteiger partial charge in [0.1, 0.15) is 5.75 Å². The number of hydrogen-bond acceptors (Lipinski definition) is 5. The van der Waals surface area contributed by atoms with Crippen LogP contribution in [0.2, 0.25) is 0 Å². The fraction of sp³-hybridized carbons (Fsp3) is 0.0625. The third-order valence-corrected chi connectivity index (χ3v) is 2.86. The Labute approximate surface area is 127 Å². The van der Waals surface area contributed by atoms with Crippen molar-refractivity contribution in [1.82, 2.24) is 5.43 Å². The van der Waals surface area contributed by atoms with Crippen LogP contribution in [-0.4, -0.2) is 30.3 Å². The molecular formula is C16H14N2O4. The molecule has 0 atom stereocenters. The quantitative estimate of drug-likeness (QED) is 0.513. The molecule has 0 aliphatic heterocycles. The molecule has 2 N–H and O–H groups in total. The molecule has 112 valence electrons. The van der Waals surface area contributed by atoms with Crippen LogP contribution >= 0.6 is 0 Å². The van der Waals surface area contributed by atoms with E-state index in [-0.39, 0.29) is 11.3 Å². The SMILES string of the molecule is COC(=O)c1ccc(/C=N\NC(=O)c2ccccc2O)cc1. The summed E-state index contributed by atoms with van der Waals surface area (Å²) in [7, 11) is 1.31. The number of phenolic OH excluding ortho intramolecular Hbond substituents is 1. The summed E-state index contributed by atoms with van der Waals surface area (Å²) < 4.78 is 4.60. The summed E-state index contributed by atoms with van der Waals surface area (Å²) in [6.07, 6.45) is 1.43. The highest BCUT2D eigenvalue weighted by Crippen LogP contribution is 2.14. The highest BCUT2D eigenvalue weighted by molar-refractivity contribution is 5.97. The van der Waals surface area contributed by atoms with E-state index < -0.39 is 11.9 Å². The van der Waals surface area contributed by atoms with Gasteiger partial charge in [0.2, 0.25) is 0 Å². The maximum atomic E-state index is 11.8. The van der Waals surface area contributed by atoms with E-state index in [0.29, 0.717) is 11.1 Å². The highest BCUT2D eigenvalue weighted by atomic mass is 16.5. The second kappa shape index (κ2) is 7.03. The first-order valence-corrected chi connectivity index (χ1v) is 6.41. The third kappa shape index (κ3) is 3.69. The number of hydrogen-bond donors (Lipinski definition) is 2. The van der Waals surface area contributed by atoms with Crippen molar-refractivity contribution >= 4 is 18.1 Å². The van der Waals surface area contributed by atoms with Crippen LogP contribution < -0.4 is 5.43 Å². The molecule has 0 saturated carbocycles. The van der Waals surface area contributed by atoms with E-state index >= 15 is 0 Å². The third-order valence-electron chi connectivity index (χ3n) is 2.86. The number of phenols is 1. The molecule has 0 aromatic heterocycles. The van der Waals surface area contributed by atoms with Gasteiger partial charge >= 0.3 is 5.97 Å². The topological polar surface area (TPSA) is 88.0 Å². The van der Waals surface area contributed by atoms with Crippen LogP contribution in [-0.2, 0) is 4.74 Å².